The second-order valence-electron chi connectivity index (χ2n) is 2.77. The van der Waals surface area contributed by atoms with Crippen LogP contribution in [0.4, 0.5) is 4.39 Å². The van der Waals surface area contributed by atoms with E-state index in [2.05, 4.69) is 0 Å². The van der Waals surface area contributed by atoms with E-state index in [9.17, 15) is 9.18 Å². The van der Waals surface area contributed by atoms with Gasteiger partial charge in [0, 0.05) is 4.70 Å². The molecule has 0 bridgehead atoms. The third-order valence-corrected chi connectivity index (χ3v) is 2.93. The van der Waals surface area contributed by atoms with Crippen molar-refractivity contribution in [2.75, 3.05) is 0 Å². The van der Waals surface area contributed by atoms with Crippen molar-refractivity contribution in [3.8, 4) is 12.3 Å². The lowest BCUT2D eigenvalue weighted by Gasteiger charge is -1.86. The third kappa shape index (κ3) is 1.40. The molecule has 1 heterocycles. The number of Topliss-reactive ketones (excluding diaryl/α,β-unsaturated/α-hetero) is 1. The first kappa shape index (κ1) is 8.92. The van der Waals surface area contributed by atoms with Gasteiger partial charge in [-0.15, -0.1) is 17.8 Å². The van der Waals surface area contributed by atoms with Gasteiger partial charge in [-0.2, -0.15) is 0 Å². The lowest BCUT2D eigenvalue weighted by atomic mass is 10.2. The first-order valence-corrected chi connectivity index (χ1v) is 4.72. The molecule has 1 nitrogen and oxygen atoms in total. The fourth-order valence-corrected chi connectivity index (χ4v) is 2.18. The highest BCUT2D eigenvalue weighted by atomic mass is 32.1. The third-order valence-electron chi connectivity index (χ3n) is 1.84. The number of halogens is 1. The Bertz CT molecular complexity index is 548. The van der Waals surface area contributed by atoms with Crippen LogP contribution in [0.15, 0.2) is 24.3 Å². The topological polar surface area (TPSA) is 17.1 Å². The molecule has 0 saturated heterocycles. The van der Waals surface area contributed by atoms with Crippen LogP contribution < -0.4 is 0 Å². The molecule has 68 valence electrons. The van der Waals surface area contributed by atoms with Crippen molar-refractivity contribution in [2.24, 2.45) is 0 Å². The van der Waals surface area contributed by atoms with E-state index in [0.717, 1.165) is 10.1 Å². The minimum absolute atomic E-state index is 0.306. The first-order valence-electron chi connectivity index (χ1n) is 3.91. The van der Waals surface area contributed by atoms with Crippen molar-refractivity contribution in [1.82, 2.24) is 0 Å². The van der Waals surface area contributed by atoms with Gasteiger partial charge in [0.05, 0.1) is 4.88 Å². The molecule has 0 atom stereocenters. The molecule has 0 fully saturated rings. The number of rotatable bonds is 1. The number of hydrogen-bond acceptors (Lipinski definition) is 2. The summed E-state index contributed by atoms with van der Waals surface area (Å²) in [6.07, 6.45) is 4.99. The second-order valence-corrected chi connectivity index (χ2v) is 3.85. The van der Waals surface area contributed by atoms with E-state index in [1.807, 2.05) is 5.92 Å². The summed E-state index contributed by atoms with van der Waals surface area (Å²) in [5, 5.41) is 0.843. The molecule has 0 N–H and O–H groups in total. The molecule has 0 aliphatic heterocycles. The van der Waals surface area contributed by atoms with E-state index in [1.54, 1.807) is 12.1 Å². The number of terminal acetylenes is 1. The molecule has 1 aromatic carbocycles. The fourth-order valence-electron chi connectivity index (χ4n) is 1.19. The zero-order chi connectivity index (χ0) is 10.1. The normalized spacial score (nSPS) is 10.0. The van der Waals surface area contributed by atoms with Gasteiger partial charge in [0.25, 0.3) is 0 Å². The highest BCUT2D eigenvalue weighted by Gasteiger charge is 2.07. The van der Waals surface area contributed by atoms with Crippen LogP contribution >= 0.6 is 11.3 Å². The highest BCUT2D eigenvalue weighted by Crippen LogP contribution is 2.26. The van der Waals surface area contributed by atoms with Crippen LogP contribution in [0.2, 0.25) is 0 Å². The Morgan fingerprint density at radius 3 is 2.93 bits per heavy atom. The molecule has 0 radical (unpaired) electrons. The molecular formula is C11H5FOS. The predicted molar refractivity (Wildman–Crippen MR) is 54.9 cm³/mol. The number of carbonyl (C=O) groups excluding carboxylic acids is 1. The summed E-state index contributed by atoms with van der Waals surface area (Å²) in [5.74, 6) is 1.37. The van der Waals surface area contributed by atoms with Crippen molar-refractivity contribution in [1.29, 1.82) is 0 Å². The maximum Gasteiger partial charge on any atom is 0.245 e. The Labute approximate surface area is 84.2 Å². The van der Waals surface area contributed by atoms with E-state index in [1.165, 1.54) is 23.5 Å². The Morgan fingerprint density at radius 1 is 1.43 bits per heavy atom. The average molecular weight is 204 g/mol. The van der Waals surface area contributed by atoms with Crippen LogP contribution in [0, 0.1) is 18.2 Å². The molecule has 2 aromatic rings. The van der Waals surface area contributed by atoms with Crippen LogP contribution in [-0.2, 0) is 0 Å². The van der Waals surface area contributed by atoms with E-state index >= 15 is 0 Å². The summed E-state index contributed by atoms with van der Waals surface area (Å²) in [6.45, 7) is 0. The molecule has 0 unspecified atom stereocenters. The van der Waals surface area contributed by atoms with Gasteiger partial charge >= 0.3 is 0 Å². The molecule has 2 rings (SSSR count). The van der Waals surface area contributed by atoms with E-state index in [-0.39, 0.29) is 11.6 Å². The van der Waals surface area contributed by atoms with Crippen molar-refractivity contribution in [3.05, 3.63) is 35.0 Å². The van der Waals surface area contributed by atoms with Gasteiger partial charge in [0.1, 0.15) is 5.82 Å². The van der Waals surface area contributed by atoms with Crippen LogP contribution in [0.5, 0.6) is 0 Å². The summed E-state index contributed by atoms with van der Waals surface area (Å²) >= 11 is 1.21. The van der Waals surface area contributed by atoms with Gasteiger partial charge < -0.3 is 0 Å². The van der Waals surface area contributed by atoms with Gasteiger partial charge in [-0.3, -0.25) is 4.79 Å². The number of fused-ring (bicyclic) bond motifs is 1. The molecule has 0 amide bonds. The molecular weight excluding hydrogens is 199 g/mol. The van der Waals surface area contributed by atoms with Gasteiger partial charge in [-0.25, -0.2) is 4.39 Å². The predicted octanol–water partition coefficient (Wildman–Crippen LogP) is 2.86. The quantitative estimate of drug-likeness (QED) is 0.396. The number of benzene rings is 1. The molecule has 14 heavy (non-hydrogen) atoms. The van der Waals surface area contributed by atoms with Gasteiger partial charge in [-0.1, -0.05) is 6.07 Å². The SMILES string of the molecule is C#CC(=O)c1cc2ccc(F)cc2s1. The number of carbonyl (C=O) groups is 1. The Balaban J connectivity index is 2.64. The Hall–Kier alpha value is -1.66. The van der Waals surface area contributed by atoms with E-state index in [4.69, 9.17) is 6.42 Å². The molecule has 0 spiro atoms. The summed E-state index contributed by atoms with van der Waals surface area (Å²) in [5.41, 5.74) is 0. The van der Waals surface area contributed by atoms with Crippen molar-refractivity contribution >= 4 is 27.2 Å². The average Bonchev–Trinajstić information content (AvgIpc) is 2.59. The fraction of sp³-hybridized carbons (Fsp3) is 0. The van der Waals surface area contributed by atoms with Crippen molar-refractivity contribution < 1.29 is 9.18 Å². The second kappa shape index (κ2) is 3.24. The van der Waals surface area contributed by atoms with Crippen molar-refractivity contribution in [2.45, 2.75) is 0 Å². The van der Waals surface area contributed by atoms with Crippen LogP contribution in [0.3, 0.4) is 0 Å². The molecule has 0 aliphatic carbocycles. The maximum absolute atomic E-state index is 12.8. The number of hydrogen-bond donors (Lipinski definition) is 0. The number of thiophene rings is 1. The van der Waals surface area contributed by atoms with E-state index < -0.39 is 0 Å². The largest absolute Gasteiger partial charge is 0.278 e. The van der Waals surface area contributed by atoms with Crippen molar-refractivity contribution in [3.63, 3.8) is 0 Å². The minimum atomic E-state index is -0.355. The standard InChI is InChI=1S/C11H5FOS/c1-2-9(13)11-5-7-3-4-8(12)6-10(7)14-11/h1,3-6H. The lowest BCUT2D eigenvalue weighted by Crippen LogP contribution is -1.87. The Kier molecular flexibility index (Phi) is 2.06. The van der Waals surface area contributed by atoms with Gasteiger partial charge in [-0.05, 0) is 29.5 Å². The van der Waals surface area contributed by atoms with Gasteiger partial charge in [0.2, 0.25) is 5.78 Å². The molecule has 0 aliphatic rings. The zero-order valence-electron chi connectivity index (χ0n) is 7.08. The van der Waals surface area contributed by atoms with Crippen LogP contribution in [-0.4, -0.2) is 5.78 Å². The zero-order valence-corrected chi connectivity index (χ0v) is 7.90. The van der Waals surface area contributed by atoms with Gasteiger partial charge in [0.15, 0.2) is 0 Å². The van der Waals surface area contributed by atoms with Crippen LogP contribution in [0.1, 0.15) is 9.67 Å². The minimum Gasteiger partial charge on any atom is -0.278 e. The molecule has 0 saturated carbocycles. The highest BCUT2D eigenvalue weighted by molar-refractivity contribution is 7.21. The summed E-state index contributed by atoms with van der Waals surface area (Å²) in [7, 11) is 0. The molecule has 3 heteroatoms. The summed E-state index contributed by atoms with van der Waals surface area (Å²) in [6, 6.07) is 6.07. The van der Waals surface area contributed by atoms with E-state index in [0.29, 0.717) is 4.88 Å². The molecule has 1 aromatic heterocycles. The number of ketones is 1. The Morgan fingerprint density at radius 2 is 2.21 bits per heavy atom. The first-order chi connectivity index (χ1) is 6.70. The summed E-state index contributed by atoms with van der Waals surface area (Å²) in [4.78, 5) is 11.6. The maximum atomic E-state index is 12.8. The lowest BCUT2D eigenvalue weighted by molar-refractivity contribution is 0.106. The summed E-state index contributed by atoms with van der Waals surface area (Å²) < 4.78 is 13.5. The smallest absolute Gasteiger partial charge is 0.245 e. The monoisotopic (exact) mass is 204 g/mol. The van der Waals surface area contributed by atoms with Crippen LogP contribution in [0.25, 0.3) is 10.1 Å².